The first kappa shape index (κ1) is 19.6. The Labute approximate surface area is 154 Å². The second kappa shape index (κ2) is 10.3. The van der Waals surface area contributed by atoms with Gasteiger partial charge >= 0.3 is 0 Å². The third kappa shape index (κ3) is 5.94. The van der Waals surface area contributed by atoms with Crippen LogP contribution in [0.5, 0.6) is 11.5 Å². The topological polar surface area (TPSA) is 93.8 Å². The van der Waals surface area contributed by atoms with Gasteiger partial charge in [0.25, 0.3) is 0 Å². The molecule has 1 aromatic carbocycles. The van der Waals surface area contributed by atoms with Gasteiger partial charge in [-0.1, -0.05) is 11.2 Å². The van der Waals surface area contributed by atoms with Crippen molar-refractivity contribution in [3.63, 3.8) is 0 Å². The van der Waals surface area contributed by atoms with Crippen LogP contribution < -0.4 is 20.1 Å². The van der Waals surface area contributed by atoms with E-state index in [1.54, 1.807) is 21.1 Å². The molecule has 2 rings (SSSR count). The van der Waals surface area contributed by atoms with E-state index >= 15 is 0 Å². The fraction of sp³-hybridized carbons (Fsp3) is 0.500. The van der Waals surface area contributed by atoms with Gasteiger partial charge in [-0.15, -0.1) is 0 Å². The minimum atomic E-state index is 0.465. The Morgan fingerprint density at radius 2 is 2.12 bits per heavy atom. The molecule has 0 saturated carbocycles. The van der Waals surface area contributed by atoms with Gasteiger partial charge < -0.3 is 24.6 Å². The van der Waals surface area contributed by atoms with Crippen LogP contribution >= 0.6 is 0 Å². The average molecular weight is 361 g/mol. The van der Waals surface area contributed by atoms with Crippen molar-refractivity contribution in [2.75, 3.05) is 27.3 Å². The Balaban J connectivity index is 1.75. The molecule has 1 heterocycles. The molecule has 1 aromatic heterocycles. The smallest absolute Gasteiger partial charge is 0.223 e. The van der Waals surface area contributed by atoms with Crippen molar-refractivity contribution >= 4 is 5.96 Å². The molecule has 8 nitrogen and oxygen atoms in total. The second-order valence-corrected chi connectivity index (χ2v) is 5.60. The average Bonchev–Trinajstić information content (AvgIpc) is 3.07. The van der Waals surface area contributed by atoms with Crippen LogP contribution in [0.4, 0.5) is 0 Å². The Kier molecular flexibility index (Phi) is 7.73. The lowest BCUT2D eigenvalue weighted by atomic mass is 10.1. The summed E-state index contributed by atoms with van der Waals surface area (Å²) in [4.78, 5) is 8.33. The molecule has 0 aliphatic heterocycles. The summed E-state index contributed by atoms with van der Waals surface area (Å²) in [6.07, 6.45) is 1.89. The normalized spacial score (nSPS) is 11.3. The Morgan fingerprint density at radius 3 is 2.77 bits per heavy atom. The molecule has 0 aliphatic rings. The number of aromatic nitrogens is 2. The molecule has 0 fully saturated rings. The van der Waals surface area contributed by atoms with E-state index in [-0.39, 0.29) is 0 Å². The van der Waals surface area contributed by atoms with Crippen molar-refractivity contribution in [3.8, 4) is 11.5 Å². The maximum Gasteiger partial charge on any atom is 0.223 e. The highest BCUT2D eigenvalue weighted by molar-refractivity contribution is 5.79. The van der Waals surface area contributed by atoms with Gasteiger partial charge in [-0.3, -0.25) is 4.99 Å². The molecule has 0 unspecified atom stereocenters. The highest BCUT2D eigenvalue weighted by Crippen LogP contribution is 2.28. The van der Waals surface area contributed by atoms with Crippen molar-refractivity contribution < 1.29 is 14.0 Å². The maximum absolute atomic E-state index is 5.62. The van der Waals surface area contributed by atoms with Crippen molar-refractivity contribution in [2.45, 2.75) is 33.2 Å². The molecular formula is C18H27N5O3. The van der Waals surface area contributed by atoms with Gasteiger partial charge in [0, 0.05) is 20.5 Å². The molecule has 2 N–H and O–H groups in total. The molecule has 0 spiro atoms. The number of ether oxygens (including phenoxy) is 2. The SMILES string of the molecule is CCOc1cc(CCCNC(=NC)NCc2noc(C)n2)ccc1OC. The molecule has 0 bridgehead atoms. The van der Waals surface area contributed by atoms with E-state index in [9.17, 15) is 0 Å². The van der Waals surface area contributed by atoms with E-state index in [0.29, 0.717) is 30.8 Å². The van der Waals surface area contributed by atoms with E-state index in [1.807, 2.05) is 19.1 Å². The van der Waals surface area contributed by atoms with Crippen molar-refractivity contribution in [1.82, 2.24) is 20.8 Å². The molecular weight excluding hydrogens is 334 g/mol. The van der Waals surface area contributed by atoms with Crippen LogP contribution in [0.2, 0.25) is 0 Å². The van der Waals surface area contributed by atoms with Gasteiger partial charge in [0.2, 0.25) is 5.89 Å². The number of nitrogens with one attached hydrogen (secondary N) is 2. The van der Waals surface area contributed by atoms with Crippen molar-refractivity contribution in [1.29, 1.82) is 0 Å². The van der Waals surface area contributed by atoms with Crippen LogP contribution in [0.3, 0.4) is 0 Å². The number of aryl methyl sites for hydroxylation is 2. The first-order chi connectivity index (χ1) is 12.7. The van der Waals surface area contributed by atoms with E-state index in [1.165, 1.54) is 5.56 Å². The van der Waals surface area contributed by atoms with Crippen LogP contribution in [0.15, 0.2) is 27.7 Å². The van der Waals surface area contributed by atoms with E-state index in [4.69, 9.17) is 14.0 Å². The summed E-state index contributed by atoms with van der Waals surface area (Å²) in [6, 6.07) is 6.04. The third-order valence-electron chi connectivity index (χ3n) is 3.67. The molecule has 2 aromatic rings. The van der Waals surface area contributed by atoms with Crippen LogP contribution in [0, 0.1) is 6.92 Å². The first-order valence-electron chi connectivity index (χ1n) is 8.69. The standard InChI is InChI=1S/C18H27N5O3/c1-5-25-16-11-14(8-9-15(16)24-4)7-6-10-20-18(19-3)21-12-17-22-13(2)26-23-17/h8-9,11H,5-7,10,12H2,1-4H3,(H2,19,20,21). The van der Waals surface area contributed by atoms with Gasteiger partial charge in [-0.05, 0) is 37.5 Å². The highest BCUT2D eigenvalue weighted by Gasteiger charge is 2.06. The molecule has 0 amide bonds. The number of hydrogen-bond acceptors (Lipinski definition) is 6. The minimum absolute atomic E-state index is 0.465. The summed E-state index contributed by atoms with van der Waals surface area (Å²) in [5, 5.41) is 10.3. The molecule has 0 radical (unpaired) electrons. The zero-order valence-electron chi connectivity index (χ0n) is 15.8. The van der Waals surface area contributed by atoms with Gasteiger partial charge in [0.1, 0.15) is 0 Å². The summed E-state index contributed by atoms with van der Waals surface area (Å²) >= 11 is 0. The number of nitrogens with zero attached hydrogens (tertiary/aromatic N) is 3. The van der Waals surface area contributed by atoms with Crippen LogP contribution in [0.1, 0.15) is 30.6 Å². The van der Waals surface area contributed by atoms with Crippen LogP contribution in [-0.4, -0.2) is 43.4 Å². The molecule has 142 valence electrons. The zero-order chi connectivity index (χ0) is 18.8. The second-order valence-electron chi connectivity index (χ2n) is 5.60. The van der Waals surface area contributed by atoms with Crippen LogP contribution in [-0.2, 0) is 13.0 Å². The number of aliphatic imine (C=N–C) groups is 1. The molecule has 8 heteroatoms. The fourth-order valence-electron chi connectivity index (χ4n) is 2.44. The summed E-state index contributed by atoms with van der Waals surface area (Å²) < 4.78 is 15.9. The summed E-state index contributed by atoms with van der Waals surface area (Å²) in [7, 11) is 3.38. The molecule has 0 aliphatic carbocycles. The first-order valence-corrected chi connectivity index (χ1v) is 8.69. The predicted octanol–water partition coefficient (Wildman–Crippen LogP) is 2.08. The monoisotopic (exact) mass is 361 g/mol. The van der Waals surface area contributed by atoms with Gasteiger partial charge in [-0.2, -0.15) is 4.98 Å². The van der Waals surface area contributed by atoms with E-state index in [2.05, 4.69) is 31.8 Å². The van der Waals surface area contributed by atoms with Crippen molar-refractivity contribution in [2.24, 2.45) is 4.99 Å². The number of guanidine groups is 1. The van der Waals surface area contributed by atoms with Gasteiger partial charge in [0.05, 0.1) is 20.3 Å². The number of benzene rings is 1. The zero-order valence-corrected chi connectivity index (χ0v) is 15.8. The lowest BCUT2D eigenvalue weighted by Crippen LogP contribution is -2.37. The van der Waals surface area contributed by atoms with Crippen molar-refractivity contribution in [3.05, 3.63) is 35.5 Å². The van der Waals surface area contributed by atoms with Crippen LogP contribution in [0.25, 0.3) is 0 Å². The summed E-state index contributed by atoms with van der Waals surface area (Å²) in [6.45, 7) is 5.60. The largest absolute Gasteiger partial charge is 0.493 e. The predicted molar refractivity (Wildman–Crippen MR) is 99.7 cm³/mol. The third-order valence-corrected chi connectivity index (χ3v) is 3.67. The quantitative estimate of drug-likeness (QED) is 0.401. The number of methoxy groups -OCH3 is 1. The fourth-order valence-corrected chi connectivity index (χ4v) is 2.44. The number of hydrogen-bond donors (Lipinski definition) is 2. The minimum Gasteiger partial charge on any atom is -0.493 e. The Morgan fingerprint density at radius 1 is 1.27 bits per heavy atom. The molecule has 0 saturated heterocycles. The molecule has 26 heavy (non-hydrogen) atoms. The lowest BCUT2D eigenvalue weighted by molar-refractivity contribution is 0.310. The van der Waals surface area contributed by atoms with Gasteiger partial charge in [-0.25, -0.2) is 0 Å². The van der Waals surface area contributed by atoms with E-state index < -0.39 is 0 Å². The van der Waals surface area contributed by atoms with E-state index in [0.717, 1.165) is 30.9 Å². The number of rotatable bonds is 9. The highest BCUT2D eigenvalue weighted by atomic mass is 16.5. The summed E-state index contributed by atoms with van der Waals surface area (Å²) in [5.74, 6) is 3.41. The maximum atomic E-state index is 5.62. The Hall–Kier alpha value is -2.77. The molecule has 0 atom stereocenters. The lowest BCUT2D eigenvalue weighted by Gasteiger charge is -2.12. The Bertz CT molecular complexity index is 715. The van der Waals surface area contributed by atoms with Gasteiger partial charge in [0.15, 0.2) is 23.3 Å². The summed E-state index contributed by atoms with van der Waals surface area (Å²) in [5.41, 5.74) is 1.21.